The smallest absolute Gasteiger partial charge is 0.107 e. The van der Waals surface area contributed by atoms with Crippen LogP contribution in [0, 0.1) is 0 Å². The molecule has 0 radical (unpaired) electrons. The third-order valence-electron chi connectivity index (χ3n) is 1.47. The predicted molar refractivity (Wildman–Crippen MR) is 45.8 cm³/mol. The number of hydrogen-bond donors (Lipinski definition) is 1. The molecule has 1 rings (SSSR count). The third kappa shape index (κ3) is 1.61. The molecular formula is C8H13N3. The summed E-state index contributed by atoms with van der Waals surface area (Å²) in [6.45, 7) is 7.73. The summed E-state index contributed by atoms with van der Waals surface area (Å²) in [6.07, 6.45) is 1.90. The van der Waals surface area contributed by atoms with Gasteiger partial charge in [-0.3, -0.25) is 4.68 Å². The van der Waals surface area contributed by atoms with E-state index in [9.17, 15) is 0 Å². The van der Waals surface area contributed by atoms with Crippen LogP contribution in [0.5, 0.6) is 0 Å². The van der Waals surface area contributed by atoms with E-state index in [2.05, 4.69) is 25.5 Å². The van der Waals surface area contributed by atoms with E-state index in [-0.39, 0.29) is 0 Å². The van der Waals surface area contributed by atoms with Crippen molar-refractivity contribution in [3.63, 3.8) is 0 Å². The first-order valence-electron chi connectivity index (χ1n) is 3.61. The molecule has 1 aromatic heterocycles. The summed E-state index contributed by atoms with van der Waals surface area (Å²) >= 11 is 0. The molecule has 0 saturated carbocycles. The normalized spacial score (nSPS) is 10.5. The fourth-order valence-electron chi connectivity index (χ4n) is 0.797. The van der Waals surface area contributed by atoms with Gasteiger partial charge in [-0.15, -0.1) is 0 Å². The summed E-state index contributed by atoms with van der Waals surface area (Å²) in [5, 5.41) is 4.20. The van der Waals surface area contributed by atoms with Crippen LogP contribution in [0.4, 0.5) is 0 Å². The maximum Gasteiger partial charge on any atom is 0.107 e. The van der Waals surface area contributed by atoms with E-state index in [4.69, 9.17) is 5.73 Å². The van der Waals surface area contributed by atoms with Gasteiger partial charge in [0.2, 0.25) is 0 Å². The summed E-state index contributed by atoms with van der Waals surface area (Å²) < 4.78 is 1.85. The first-order valence-corrected chi connectivity index (χ1v) is 3.61. The molecule has 2 N–H and O–H groups in total. The van der Waals surface area contributed by atoms with Crippen LogP contribution in [0.15, 0.2) is 18.8 Å². The standard InChI is InChI=1S/C8H13N3/c1-6(2)11-5-4-8(10-11)7(3)9/h4-6H,3,9H2,1-2H3. The van der Waals surface area contributed by atoms with Gasteiger partial charge in [-0.05, 0) is 19.9 Å². The van der Waals surface area contributed by atoms with Crippen LogP contribution in [0.3, 0.4) is 0 Å². The van der Waals surface area contributed by atoms with Gasteiger partial charge in [-0.1, -0.05) is 6.58 Å². The van der Waals surface area contributed by atoms with Crippen molar-refractivity contribution in [3.8, 4) is 0 Å². The van der Waals surface area contributed by atoms with Gasteiger partial charge in [0.15, 0.2) is 0 Å². The maximum atomic E-state index is 5.46. The monoisotopic (exact) mass is 151 g/mol. The Morgan fingerprint density at radius 1 is 1.73 bits per heavy atom. The molecular weight excluding hydrogens is 138 g/mol. The highest BCUT2D eigenvalue weighted by atomic mass is 15.3. The molecule has 0 spiro atoms. The van der Waals surface area contributed by atoms with Crippen molar-refractivity contribution in [1.29, 1.82) is 0 Å². The second kappa shape index (κ2) is 2.78. The van der Waals surface area contributed by atoms with Crippen molar-refractivity contribution in [2.45, 2.75) is 19.9 Å². The molecule has 0 aromatic carbocycles. The minimum absolute atomic E-state index is 0.378. The molecule has 0 bridgehead atoms. The molecule has 1 aromatic rings. The Hall–Kier alpha value is -1.25. The van der Waals surface area contributed by atoms with Gasteiger partial charge < -0.3 is 5.73 Å². The lowest BCUT2D eigenvalue weighted by Gasteiger charge is -2.03. The molecule has 3 heteroatoms. The summed E-state index contributed by atoms with van der Waals surface area (Å²) in [6, 6.07) is 2.24. The van der Waals surface area contributed by atoms with E-state index < -0.39 is 0 Å². The second-order valence-corrected chi connectivity index (χ2v) is 2.80. The lowest BCUT2D eigenvalue weighted by molar-refractivity contribution is 0.531. The van der Waals surface area contributed by atoms with Gasteiger partial charge in [-0.25, -0.2) is 0 Å². The van der Waals surface area contributed by atoms with Crippen molar-refractivity contribution < 1.29 is 0 Å². The average molecular weight is 151 g/mol. The lowest BCUT2D eigenvalue weighted by atomic mass is 10.4. The second-order valence-electron chi connectivity index (χ2n) is 2.80. The fraction of sp³-hybridized carbons (Fsp3) is 0.375. The minimum atomic E-state index is 0.378. The Labute approximate surface area is 66.5 Å². The van der Waals surface area contributed by atoms with Crippen molar-refractivity contribution in [2.24, 2.45) is 5.73 Å². The number of nitrogens with zero attached hydrogens (tertiary/aromatic N) is 2. The fourth-order valence-corrected chi connectivity index (χ4v) is 0.797. The Morgan fingerprint density at radius 2 is 2.36 bits per heavy atom. The van der Waals surface area contributed by atoms with E-state index >= 15 is 0 Å². The van der Waals surface area contributed by atoms with Crippen LogP contribution in [0.25, 0.3) is 5.70 Å². The van der Waals surface area contributed by atoms with E-state index in [0.717, 1.165) is 5.69 Å². The van der Waals surface area contributed by atoms with Crippen molar-refractivity contribution in [2.75, 3.05) is 0 Å². The van der Waals surface area contributed by atoms with E-state index in [0.29, 0.717) is 11.7 Å². The molecule has 0 aliphatic carbocycles. The van der Waals surface area contributed by atoms with Crippen molar-refractivity contribution in [3.05, 3.63) is 24.5 Å². The number of hydrogen-bond acceptors (Lipinski definition) is 2. The highest BCUT2D eigenvalue weighted by Crippen LogP contribution is 2.07. The molecule has 3 nitrogen and oxygen atoms in total. The quantitative estimate of drug-likeness (QED) is 0.694. The summed E-state index contributed by atoms with van der Waals surface area (Å²) in [4.78, 5) is 0. The number of aromatic nitrogens is 2. The molecule has 0 aliphatic heterocycles. The molecule has 60 valence electrons. The zero-order valence-electron chi connectivity index (χ0n) is 6.91. The van der Waals surface area contributed by atoms with Crippen LogP contribution in [-0.4, -0.2) is 9.78 Å². The van der Waals surface area contributed by atoms with Crippen molar-refractivity contribution in [1.82, 2.24) is 9.78 Å². The Balaban J connectivity index is 2.90. The minimum Gasteiger partial charge on any atom is -0.397 e. The molecule has 0 unspecified atom stereocenters. The van der Waals surface area contributed by atoms with Crippen LogP contribution < -0.4 is 5.73 Å². The lowest BCUT2D eigenvalue weighted by Crippen LogP contribution is -2.03. The number of nitrogens with two attached hydrogens (primary N) is 1. The van der Waals surface area contributed by atoms with Crippen LogP contribution in [-0.2, 0) is 0 Å². The largest absolute Gasteiger partial charge is 0.397 e. The van der Waals surface area contributed by atoms with Crippen LogP contribution in [0.2, 0.25) is 0 Å². The highest BCUT2D eigenvalue weighted by molar-refractivity contribution is 5.55. The van der Waals surface area contributed by atoms with Gasteiger partial charge in [0.1, 0.15) is 5.69 Å². The van der Waals surface area contributed by atoms with Crippen LogP contribution in [0.1, 0.15) is 25.6 Å². The topological polar surface area (TPSA) is 43.8 Å². The Bertz CT molecular complexity index is 260. The van der Waals surface area contributed by atoms with E-state index in [1.807, 2.05) is 16.9 Å². The third-order valence-corrected chi connectivity index (χ3v) is 1.47. The van der Waals surface area contributed by atoms with Gasteiger partial charge in [0.25, 0.3) is 0 Å². The molecule has 1 heterocycles. The van der Waals surface area contributed by atoms with Gasteiger partial charge >= 0.3 is 0 Å². The Kier molecular flexibility index (Phi) is 1.98. The van der Waals surface area contributed by atoms with Gasteiger partial charge in [0, 0.05) is 12.2 Å². The van der Waals surface area contributed by atoms with Crippen molar-refractivity contribution >= 4 is 5.70 Å². The van der Waals surface area contributed by atoms with E-state index in [1.165, 1.54) is 0 Å². The van der Waals surface area contributed by atoms with Crippen LogP contribution >= 0.6 is 0 Å². The van der Waals surface area contributed by atoms with Gasteiger partial charge in [-0.2, -0.15) is 5.10 Å². The number of rotatable bonds is 2. The molecule has 0 amide bonds. The zero-order chi connectivity index (χ0) is 8.43. The summed E-state index contributed by atoms with van der Waals surface area (Å²) in [5.41, 5.74) is 6.74. The molecule has 11 heavy (non-hydrogen) atoms. The SMILES string of the molecule is C=C(N)c1ccn(C(C)C)n1. The summed E-state index contributed by atoms with van der Waals surface area (Å²) in [5.74, 6) is 0. The predicted octanol–water partition coefficient (Wildman–Crippen LogP) is 1.39. The average Bonchev–Trinajstić information content (AvgIpc) is 2.33. The maximum absolute atomic E-state index is 5.46. The van der Waals surface area contributed by atoms with E-state index in [1.54, 1.807) is 0 Å². The molecule has 0 atom stereocenters. The molecule has 0 aliphatic rings. The highest BCUT2D eigenvalue weighted by Gasteiger charge is 2.01. The summed E-state index contributed by atoms with van der Waals surface area (Å²) in [7, 11) is 0. The molecule has 0 saturated heterocycles. The first kappa shape index (κ1) is 7.85. The van der Waals surface area contributed by atoms with Gasteiger partial charge in [0.05, 0.1) is 5.70 Å². The molecule has 0 fully saturated rings. The first-order chi connectivity index (χ1) is 5.11. The zero-order valence-corrected chi connectivity index (χ0v) is 6.91. The Morgan fingerprint density at radius 3 is 2.64 bits per heavy atom.